The van der Waals surface area contributed by atoms with Crippen molar-refractivity contribution in [2.45, 2.75) is 6.04 Å². The summed E-state index contributed by atoms with van der Waals surface area (Å²) >= 11 is 4.24. The molecule has 1 aliphatic heterocycles. The molecule has 0 aliphatic carbocycles. The molecule has 1 N–H and O–H groups in total. The molecule has 0 aromatic carbocycles. The number of pyridine rings is 1. The highest BCUT2D eigenvalue weighted by atomic mass is 79.9. The minimum atomic E-state index is -1.05. The lowest BCUT2D eigenvalue weighted by atomic mass is 10.3. The summed E-state index contributed by atoms with van der Waals surface area (Å²) in [5.74, 6) is 0.186. The van der Waals surface area contributed by atoms with E-state index in [4.69, 9.17) is 9.84 Å². The minimum Gasteiger partial charge on any atom is -0.475 e. The lowest BCUT2D eigenvalue weighted by Crippen LogP contribution is -2.36. The summed E-state index contributed by atoms with van der Waals surface area (Å²) in [6.07, 6.45) is 0.0404. The van der Waals surface area contributed by atoms with Crippen LogP contribution < -0.4 is 4.74 Å². The lowest BCUT2D eigenvalue weighted by molar-refractivity contribution is -0.385. The molecule has 0 bridgehead atoms. The van der Waals surface area contributed by atoms with E-state index in [2.05, 4.69) is 20.9 Å². The number of nitro groups is 1. The lowest BCUT2D eigenvalue weighted by Gasteiger charge is -2.18. The molecular weight excluding hydrogens is 368 g/mol. The first-order chi connectivity index (χ1) is 9.88. The number of aromatic nitrogens is 1. The molecule has 11 heteroatoms. The zero-order valence-corrected chi connectivity index (χ0v) is 13.2. The quantitative estimate of drug-likeness (QED) is 0.481. The van der Waals surface area contributed by atoms with Crippen LogP contribution in [0.25, 0.3) is 0 Å². The van der Waals surface area contributed by atoms with Crippen LogP contribution in [0.15, 0.2) is 16.7 Å². The Bertz CT molecular complexity index is 574. The highest BCUT2D eigenvalue weighted by Crippen LogP contribution is 2.29. The Morgan fingerprint density at radius 3 is 3.05 bits per heavy atom. The Balaban J connectivity index is 2.03. The van der Waals surface area contributed by atoms with Crippen LogP contribution in [0.4, 0.5) is 10.5 Å². The van der Waals surface area contributed by atoms with E-state index in [9.17, 15) is 14.9 Å². The summed E-state index contributed by atoms with van der Waals surface area (Å²) in [5, 5.41) is 19.7. The molecule has 0 saturated carbocycles. The average molecular weight is 379 g/mol. The molecule has 1 aliphatic rings. The SMILES string of the molecule is CN1C[C@@H](COc2ncc([N+](=O)[O-])cc2Br)N(C(=O)O)S1. The molecule has 21 heavy (non-hydrogen) atoms. The van der Waals surface area contributed by atoms with Crippen molar-refractivity contribution >= 4 is 39.8 Å². The Morgan fingerprint density at radius 1 is 1.76 bits per heavy atom. The molecule has 2 heterocycles. The number of ether oxygens (including phenoxy) is 1. The summed E-state index contributed by atoms with van der Waals surface area (Å²) in [4.78, 5) is 25.0. The number of likely N-dealkylation sites (N-methyl/N-ethyl adjacent to an activating group) is 1. The van der Waals surface area contributed by atoms with Gasteiger partial charge in [0.25, 0.3) is 5.69 Å². The second-order valence-corrected chi connectivity index (χ2v) is 6.24. The zero-order chi connectivity index (χ0) is 15.6. The van der Waals surface area contributed by atoms with Crippen molar-refractivity contribution in [1.82, 2.24) is 13.6 Å². The number of amides is 1. The second-order valence-electron chi connectivity index (χ2n) is 4.20. The summed E-state index contributed by atoms with van der Waals surface area (Å²) < 4.78 is 8.78. The fourth-order valence-electron chi connectivity index (χ4n) is 1.73. The number of carboxylic acid groups (broad SMARTS) is 1. The summed E-state index contributed by atoms with van der Waals surface area (Å²) in [5.41, 5.74) is -0.155. The Labute approximate surface area is 132 Å². The maximum absolute atomic E-state index is 11.1. The van der Waals surface area contributed by atoms with E-state index in [1.807, 2.05) is 0 Å². The van der Waals surface area contributed by atoms with Gasteiger partial charge in [0.1, 0.15) is 12.8 Å². The van der Waals surface area contributed by atoms with Gasteiger partial charge >= 0.3 is 6.09 Å². The molecule has 1 aromatic rings. The molecule has 9 nitrogen and oxygen atoms in total. The van der Waals surface area contributed by atoms with Crippen LogP contribution in [-0.4, -0.2) is 56.0 Å². The van der Waals surface area contributed by atoms with E-state index < -0.39 is 11.0 Å². The Hall–Kier alpha value is -1.59. The molecule has 0 radical (unpaired) electrons. The minimum absolute atomic E-state index is 0.104. The van der Waals surface area contributed by atoms with Gasteiger partial charge in [0.15, 0.2) is 0 Å². The van der Waals surface area contributed by atoms with Gasteiger partial charge in [0.05, 0.1) is 15.4 Å². The molecule has 1 aromatic heterocycles. The topological polar surface area (TPSA) is 109 Å². The van der Waals surface area contributed by atoms with Gasteiger partial charge in [0, 0.05) is 24.7 Å². The first-order valence-electron chi connectivity index (χ1n) is 5.72. The maximum atomic E-state index is 11.1. The van der Waals surface area contributed by atoms with E-state index in [0.29, 0.717) is 11.0 Å². The van der Waals surface area contributed by atoms with Crippen LogP contribution in [0.1, 0.15) is 0 Å². The van der Waals surface area contributed by atoms with Crippen LogP contribution in [0.5, 0.6) is 5.88 Å². The third-order valence-electron chi connectivity index (χ3n) is 2.63. The fraction of sp³-hybridized carbons (Fsp3) is 0.400. The van der Waals surface area contributed by atoms with Crippen LogP contribution in [0.3, 0.4) is 0 Å². The standard InChI is InChI=1S/C10H11BrN4O5S/c1-13-4-7(14(21-13)10(16)17)5-20-9-8(11)2-6(3-12-9)15(18)19/h2-3,7H,4-5H2,1H3,(H,16,17)/t7-/m0/s1. The Kier molecular flexibility index (Phi) is 4.85. The van der Waals surface area contributed by atoms with Gasteiger partial charge in [-0.1, -0.05) is 0 Å². The zero-order valence-electron chi connectivity index (χ0n) is 10.8. The summed E-state index contributed by atoms with van der Waals surface area (Å²) in [6.45, 7) is 0.620. The molecular formula is C10H11BrN4O5S. The molecule has 1 amide bonds. The van der Waals surface area contributed by atoms with Gasteiger partial charge in [-0.25, -0.2) is 18.4 Å². The number of hydrogen-bond donors (Lipinski definition) is 1. The van der Waals surface area contributed by atoms with Gasteiger partial charge in [-0.05, 0) is 23.0 Å². The first kappa shape index (κ1) is 15.8. The van der Waals surface area contributed by atoms with Gasteiger partial charge in [-0.15, -0.1) is 0 Å². The van der Waals surface area contributed by atoms with Crippen molar-refractivity contribution in [3.8, 4) is 5.88 Å². The maximum Gasteiger partial charge on any atom is 0.418 e. The van der Waals surface area contributed by atoms with Crippen molar-refractivity contribution in [2.75, 3.05) is 20.2 Å². The van der Waals surface area contributed by atoms with E-state index >= 15 is 0 Å². The second kappa shape index (κ2) is 6.45. The largest absolute Gasteiger partial charge is 0.475 e. The molecule has 0 spiro atoms. The van der Waals surface area contributed by atoms with Gasteiger partial charge < -0.3 is 9.84 Å². The van der Waals surface area contributed by atoms with Crippen LogP contribution in [-0.2, 0) is 0 Å². The highest BCUT2D eigenvalue weighted by molar-refractivity contribution is 9.10. The summed E-state index contributed by atoms with van der Waals surface area (Å²) in [7, 11) is 1.78. The third-order valence-corrected chi connectivity index (χ3v) is 4.26. The van der Waals surface area contributed by atoms with Gasteiger partial charge in [-0.2, -0.15) is 0 Å². The van der Waals surface area contributed by atoms with E-state index in [-0.39, 0.29) is 24.2 Å². The van der Waals surface area contributed by atoms with Crippen LogP contribution >= 0.6 is 28.1 Å². The smallest absolute Gasteiger partial charge is 0.418 e. The molecule has 1 fully saturated rings. The molecule has 114 valence electrons. The predicted molar refractivity (Wildman–Crippen MR) is 78.0 cm³/mol. The number of nitrogens with zero attached hydrogens (tertiary/aromatic N) is 4. The van der Waals surface area contributed by atoms with Crippen molar-refractivity contribution in [3.63, 3.8) is 0 Å². The van der Waals surface area contributed by atoms with Crippen molar-refractivity contribution in [2.24, 2.45) is 0 Å². The molecule has 1 saturated heterocycles. The van der Waals surface area contributed by atoms with Gasteiger partial charge in [0.2, 0.25) is 5.88 Å². The fourth-order valence-corrected chi connectivity index (χ4v) is 3.05. The van der Waals surface area contributed by atoms with Crippen LogP contribution in [0.2, 0.25) is 0 Å². The monoisotopic (exact) mass is 378 g/mol. The van der Waals surface area contributed by atoms with E-state index in [0.717, 1.165) is 18.3 Å². The van der Waals surface area contributed by atoms with E-state index in [1.54, 1.807) is 11.4 Å². The van der Waals surface area contributed by atoms with E-state index in [1.165, 1.54) is 10.4 Å². The Morgan fingerprint density at radius 2 is 2.48 bits per heavy atom. The van der Waals surface area contributed by atoms with Crippen molar-refractivity contribution in [1.29, 1.82) is 0 Å². The van der Waals surface area contributed by atoms with Crippen LogP contribution in [0, 0.1) is 10.1 Å². The van der Waals surface area contributed by atoms with Gasteiger partial charge in [-0.3, -0.25) is 10.1 Å². The first-order valence-corrected chi connectivity index (χ1v) is 7.25. The number of carbonyl (C=O) groups is 1. The normalized spacial score (nSPS) is 18.8. The number of halogens is 1. The number of hydrogen-bond acceptors (Lipinski definition) is 7. The summed E-state index contributed by atoms with van der Waals surface area (Å²) in [6, 6.07) is 0.939. The highest BCUT2D eigenvalue weighted by Gasteiger charge is 2.34. The molecule has 2 rings (SSSR count). The van der Waals surface area contributed by atoms with Crippen molar-refractivity contribution in [3.05, 3.63) is 26.9 Å². The van der Waals surface area contributed by atoms with Crippen molar-refractivity contribution < 1.29 is 19.6 Å². The average Bonchev–Trinajstić information content (AvgIpc) is 2.78. The third kappa shape index (κ3) is 3.74. The predicted octanol–water partition coefficient (Wildman–Crippen LogP) is 1.99. The molecule has 1 atom stereocenters. The molecule has 0 unspecified atom stereocenters. The number of rotatable bonds is 4.